The van der Waals surface area contributed by atoms with E-state index in [0.717, 1.165) is 17.2 Å². The molecule has 0 saturated carbocycles. The summed E-state index contributed by atoms with van der Waals surface area (Å²) in [6.07, 6.45) is 0. The number of aromatic nitrogens is 1. The molecule has 0 aromatic carbocycles. The third-order valence-electron chi connectivity index (χ3n) is 1.74. The largest absolute Gasteiger partial charge is 0.465 e. The molecule has 0 atom stereocenters. The highest BCUT2D eigenvalue weighted by molar-refractivity contribution is 7.13. The van der Waals surface area contributed by atoms with E-state index in [1.807, 2.05) is 13.8 Å². The molecule has 1 aromatic rings. The number of thiazole rings is 1. The molecule has 6 heteroatoms. The van der Waals surface area contributed by atoms with Crippen LogP contribution in [0.5, 0.6) is 0 Å². The number of carbonyl (C=O) groups is 1. The number of carbonyl (C=O) groups excluding carboxylic acids is 1. The van der Waals surface area contributed by atoms with Crippen molar-refractivity contribution in [2.75, 3.05) is 13.7 Å². The maximum Gasteiger partial charge on any atom is 0.349 e. The third kappa shape index (κ3) is 3.77. The predicted molar refractivity (Wildman–Crippen MR) is 62.8 cm³/mol. The number of ether oxygens (including phenoxy) is 1. The highest BCUT2D eigenvalue weighted by atomic mass is 35.5. The number of methoxy groups -OCH3 is 1. The maximum atomic E-state index is 11.2. The first-order chi connectivity index (χ1) is 6.69. The van der Waals surface area contributed by atoms with Gasteiger partial charge in [-0.05, 0) is 13.5 Å². The highest BCUT2D eigenvalue weighted by Gasteiger charge is 2.14. The van der Waals surface area contributed by atoms with Gasteiger partial charge in [0.15, 0.2) is 0 Å². The molecule has 0 fully saturated rings. The van der Waals surface area contributed by atoms with Gasteiger partial charge in [0.05, 0.1) is 12.8 Å². The van der Waals surface area contributed by atoms with E-state index in [4.69, 9.17) is 0 Å². The van der Waals surface area contributed by atoms with E-state index < -0.39 is 0 Å². The summed E-state index contributed by atoms with van der Waals surface area (Å²) in [5.74, 6) is -0.303. The molecule has 1 heterocycles. The van der Waals surface area contributed by atoms with Gasteiger partial charge in [-0.25, -0.2) is 9.78 Å². The Morgan fingerprint density at radius 2 is 2.27 bits per heavy atom. The van der Waals surface area contributed by atoms with Crippen LogP contribution in [-0.2, 0) is 11.3 Å². The van der Waals surface area contributed by atoms with Gasteiger partial charge in [-0.3, -0.25) is 0 Å². The van der Waals surface area contributed by atoms with Crippen molar-refractivity contribution >= 4 is 29.7 Å². The fraction of sp³-hybridized carbons (Fsp3) is 0.556. The Morgan fingerprint density at radius 1 is 1.60 bits per heavy atom. The van der Waals surface area contributed by atoms with E-state index in [1.165, 1.54) is 18.4 Å². The van der Waals surface area contributed by atoms with E-state index in [2.05, 4.69) is 15.0 Å². The van der Waals surface area contributed by atoms with E-state index in [1.54, 1.807) is 0 Å². The molecule has 0 bridgehead atoms. The second kappa shape index (κ2) is 6.76. The number of aryl methyl sites for hydroxylation is 1. The van der Waals surface area contributed by atoms with E-state index in [-0.39, 0.29) is 18.4 Å². The molecular weight excluding hydrogens is 236 g/mol. The van der Waals surface area contributed by atoms with Crippen LogP contribution >= 0.6 is 23.7 Å². The normalized spacial score (nSPS) is 9.53. The lowest BCUT2D eigenvalue weighted by atomic mass is 10.4. The van der Waals surface area contributed by atoms with Gasteiger partial charge in [-0.1, -0.05) is 6.92 Å². The second-order valence-corrected chi connectivity index (χ2v) is 3.88. The first kappa shape index (κ1) is 14.3. The lowest BCUT2D eigenvalue weighted by molar-refractivity contribution is 0.0605. The van der Waals surface area contributed by atoms with Crippen molar-refractivity contribution < 1.29 is 9.53 Å². The molecule has 15 heavy (non-hydrogen) atoms. The second-order valence-electron chi connectivity index (χ2n) is 2.79. The zero-order valence-electron chi connectivity index (χ0n) is 8.99. The average molecular weight is 251 g/mol. The molecule has 1 rings (SSSR count). The topological polar surface area (TPSA) is 51.2 Å². The van der Waals surface area contributed by atoms with Crippen LogP contribution in [0.4, 0.5) is 0 Å². The van der Waals surface area contributed by atoms with Crippen LogP contribution in [0.2, 0.25) is 0 Å². The zero-order chi connectivity index (χ0) is 10.6. The Kier molecular flexibility index (Phi) is 6.47. The molecule has 4 nitrogen and oxygen atoms in total. The number of halogens is 1. The Morgan fingerprint density at radius 3 is 2.80 bits per heavy atom. The van der Waals surface area contributed by atoms with Gasteiger partial charge in [0.1, 0.15) is 9.88 Å². The fourth-order valence-corrected chi connectivity index (χ4v) is 1.99. The first-order valence-electron chi connectivity index (χ1n) is 4.44. The van der Waals surface area contributed by atoms with E-state index in [9.17, 15) is 4.79 Å². The number of hydrogen-bond acceptors (Lipinski definition) is 5. The van der Waals surface area contributed by atoms with Crippen molar-refractivity contribution in [2.45, 2.75) is 20.4 Å². The Balaban J connectivity index is 0.00000196. The van der Waals surface area contributed by atoms with Crippen LogP contribution in [0.15, 0.2) is 0 Å². The van der Waals surface area contributed by atoms with Crippen molar-refractivity contribution in [3.05, 3.63) is 15.6 Å². The Bertz CT molecular complexity index is 328. The van der Waals surface area contributed by atoms with Gasteiger partial charge in [0.25, 0.3) is 0 Å². The van der Waals surface area contributed by atoms with Crippen molar-refractivity contribution in [1.82, 2.24) is 10.3 Å². The minimum absolute atomic E-state index is 0. The summed E-state index contributed by atoms with van der Waals surface area (Å²) in [6, 6.07) is 0. The summed E-state index contributed by atoms with van der Waals surface area (Å²) in [5, 5.41) is 4.08. The van der Waals surface area contributed by atoms with Gasteiger partial charge >= 0.3 is 5.97 Å². The van der Waals surface area contributed by atoms with Crippen LogP contribution in [0.3, 0.4) is 0 Å². The number of rotatable bonds is 4. The first-order valence-corrected chi connectivity index (χ1v) is 5.26. The summed E-state index contributed by atoms with van der Waals surface area (Å²) in [7, 11) is 1.38. The van der Waals surface area contributed by atoms with Crippen LogP contribution in [0, 0.1) is 6.92 Å². The summed E-state index contributed by atoms with van der Waals surface area (Å²) in [6.45, 7) is 5.45. The van der Waals surface area contributed by atoms with Crippen molar-refractivity contribution in [3.63, 3.8) is 0 Å². The van der Waals surface area contributed by atoms with Gasteiger partial charge in [-0.15, -0.1) is 23.7 Å². The molecule has 86 valence electrons. The smallest absolute Gasteiger partial charge is 0.349 e. The Labute approximate surface area is 99.5 Å². The number of nitrogens with zero attached hydrogens (tertiary/aromatic N) is 1. The molecule has 0 aliphatic rings. The van der Waals surface area contributed by atoms with Crippen LogP contribution in [0.25, 0.3) is 0 Å². The summed E-state index contributed by atoms with van der Waals surface area (Å²) >= 11 is 1.38. The van der Waals surface area contributed by atoms with E-state index in [0.29, 0.717) is 11.4 Å². The SMILES string of the molecule is CCNCc1nc(C)c(C(=O)OC)s1.Cl. The van der Waals surface area contributed by atoms with Crippen LogP contribution in [0.1, 0.15) is 27.3 Å². The minimum atomic E-state index is -0.303. The van der Waals surface area contributed by atoms with Crippen LogP contribution < -0.4 is 5.32 Å². The lowest BCUT2D eigenvalue weighted by Gasteiger charge is -1.94. The molecule has 1 aromatic heterocycles. The fourth-order valence-electron chi connectivity index (χ4n) is 1.04. The molecule has 0 saturated heterocycles. The standard InChI is InChI=1S/C9H14N2O2S.ClH/c1-4-10-5-7-11-6(2)8(14-7)9(12)13-3;/h10H,4-5H2,1-3H3;1H. The Hall–Kier alpha value is -0.650. The third-order valence-corrected chi connectivity index (χ3v) is 2.88. The molecule has 0 aliphatic carbocycles. The number of esters is 1. The number of hydrogen-bond donors (Lipinski definition) is 1. The summed E-state index contributed by atoms with van der Waals surface area (Å²) in [4.78, 5) is 16.1. The predicted octanol–water partition coefficient (Wildman–Crippen LogP) is 1.77. The molecule has 1 N–H and O–H groups in total. The molecule has 0 spiro atoms. The van der Waals surface area contributed by atoms with Crippen LogP contribution in [-0.4, -0.2) is 24.6 Å². The summed E-state index contributed by atoms with van der Waals surface area (Å²) < 4.78 is 4.65. The highest BCUT2D eigenvalue weighted by Crippen LogP contribution is 2.18. The molecule has 0 radical (unpaired) electrons. The number of nitrogens with one attached hydrogen (secondary N) is 1. The van der Waals surface area contributed by atoms with Gasteiger partial charge in [-0.2, -0.15) is 0 Å². The molecule has 0 amide bonds. The molecule has 0 aliphatic heterocycles. The quantitative estimate of drug-likeness (QED) is 0.828. The molecule has 0 unspecified atom stereocenters. The van der Waals surface area contributed by atoms with E-state index >= 15 is 0 Å². The minimum Gasteiger partial charge on any atom is -0.465 e. The maximum absolute atomic E-state index is 11.2. The zero-order valence-corrected chi connectivity index (χ0v) is 10.6. The molecular formula is C9H15ClN2O2S. The summed E-state index contributed by atoms with van der Waals surface area (Å²) in [5.41, 5.74) is 0.745. The van der Waals surface area contributed by atoms with Gasteiger partial charge in [0, 0.05) is 6.54 Å². The monoisotopic (exact) mass is 250 g/mol. The van der Waals surface area contributed by atoms with Gasteiger partial charge in [0.2, 0.25) is 0 Å². The van der Waals surface area contributed by atoms with Crippen molar-refractivity contribution in [2.24, 2.45) is 0 Å². The lowest BCUT2D eigenvalue weighted by Crippen LogP contribution is -2.11. The van der Waals surface area contributed by atoms with Gasteiger partial charge < -0.3 is 10.1 Å². The average Bonchev–Trinajstić information content (AvgIpc) is 2.55. The van der Waals surface area contributed by atoms with Crippen molar-refractivity contribution in [3.8, 4) is 0 Å². The van der Waals surface area contributed by atoms with Crippen molar-refractivity contribution in [1.29, 1.82) is 0 Å².